The predicted octanol–water partition coefficient (Wildman–Crippen LogP) is 3.44. The van der Waals surface area contributed by atoms with Crippen LogP contribution in [0.25, 0.3) is 10.8 Å². The van der Waals surface area contributed by atoms with E-state index in [2.05, 4.69) is 9.82 Å². The lowest BCUT2D eigenvalue weighted by Gasteiger charge is -2.38. The second-order valence-electron chi connectivity index (χ2n) is 9.06. The average molecular weight is 639 g/mol. The fourth-order valence-corrected chi connectivity index (χ4v) is 7.88. The summed E-state index contributed by atoms with van der Waals surface area (Å²) in [5, 5.41) is 1.27. The number of halogens is 3. The largest absolute Gasteiger partial charge is 0.451 e. The predicted molar refractivity (Wildman–Crippen MR) is 146 cm³/mol. The Labute approximate surface area is 244 Å². The Hall–Kier alpha value is -3.73. The van der Waals surface area contributed by atoms with Gasteiger partial charge >= 0.3 is 5.97 Å². The van der Waals surface area contributed by atoms with Gasteiger partial charge in [-0.25, -0.2) is 30.4 Å². The maximum absolute atomic E-state index is 15.0. The molecule has 2 heterocycles. The van der Waals surface area contributed by atoms with Crippen molar-refractivity contribution in [2.45, 2.75) is 15.8 Å². The number of benzene rings is 3. The summed E-state index contributed by atoms with van der Waals surface area (Å²) >= 11 is 5.80. The number of carbonyl (C=O) groups excluding carboxylic acids is 1. The number of fused-ring (bicyclic) bond motifs is 1. The summed E-state index contributed by atoms with van der Waals surface area (Å²) in [4.78, 5) is 20.0. The van der Waals surface area contributed by atoms with Crippen molar-refractivity contribution in [2.24, 2.45) is 5.90 Å². The lowest BCUT2D eigenvalue weighted by Crippen LogP contribution is -2.59. The Kier molecular flexibility index (Phi) is 8.15. The monoisotopic (exact) mass is 638 g/mol. The van der Waals surface area contributed by atoms with E-state index >= 15 is 0 Å². The molecule has 220 valence electrons. The van der Waals surface area contributed by atoms with Crippen molar-refractivity contribution in [1.82, 2.24) is 13.6 Å². The van der Waals surface area contributed by atoms with Gasteiger partial charge in [0.25, 0.3) is 0 Å². The summed E-state index contributed by atoms with van der Waals surface area (Å²) in [7, 11) is -9.04. The van der Waals surface area contributed by atoms with E-state index in [1.165, 1.54) is 54.9 Å². The molecule has 11 nitrogen and oxygen atoms in total. The van der Waals surface area contributed by atoms with Gasteiger partial charge in [-0.2, -0.15) is 14.5 Å². The van der Waals surface area contributed by atoms with Crippen molar-refractivity contribution in [3.63, 3.8) is 0 Å². The quantitative estimate of drug-likeness (QED) is 0.300. The van der Waals surface area contributed by atoms with Crippen LogP contribution in [0.5, 0.6) is 11.5 Å². The molecule has 1 aromatic heterocycles. The summed E-state index contributed by atoms with van der Waals surface area (Å²) in [6.45, 7) is -1.62. The first kappa shape index (κ1) is 29.8. The minimum absolute atomic E-state index is 0.0401. The van der Waals surface area contributed by atoms with E-state index in [-0.39, 0.29) is 17.2 Å². The molecule has 3 aromatic carbocycles. The lowest BCUT2D eigenvalue weighted by molar-refractivity contribution is -0.150. The molecule has 0 aliphatic carbocycles. The Balaban J connectivity index is 1.46. The van der Waals surface area contributed by atoms with Crippen LogP contribution in [0.1, 0.15) is 0 Å². The fraction of sp³-hybridized carbons (Fsp3) is 0.154. The van der Waals surface area contributed by atoms with Crippen LogP contribution in [0.2, 0.25) is 5.02 Å². The van der Waals surface area contributed by atoms with Crippen LogP contribution in [0.4, 0.5) is 8.78 Å². The molecule has 1 saturated heterocycles. The molecule has 1 fully saturated rings. The van der Waals surface area contributed by atoms with Gasteiger partial charge in [0, 0.05) is 47.8 Å². The summed E-state index contributed by atoms with van der Waals surface area (Å²) in [6.07, 6.45) is 2.90. The zero-order chi connectivity index (χ0) is 30.2. The van der Waals surface area contributed by atoms with Crippen molar-refractivity contribution >= 4 is 48.4 Å². The number of rotatable bonds is 7. The standard InChI is InChI=1S/C26H21ClF2N4O7S2/c27-17-4-6-18(7-5-17)39-25-21(28)12-19(13-22(25)29)41(35,36)33-11-10-32(15-23(33)26(34)40-30)42(37,38)24-3-1-2-16-14-31-9-8-20(16)24/h1-9,12-14,23H,10-11,15,30H2/t23-/m1/s1. The van der Waals surface area contributed by atoms with Gasteiger partial charge in [-0.3, -0.25) is 4.98 Å². The number of ether oxygens (including phenoxy) is 1. The third-order valence-electron chi connectivity index (χ3n) is 6.55. The highest BCUT2D eigenvalue weighted by molar-refractivity contribution is 7.89. The molecule has 0 bridgehead atoms. The normalized spacial score (nSPS) is 16.8. The molecule has 1 aliphatic heterocycles. The number of hydrogen-bond donors (Lipinski definition) is 1. The molecule has 1 atom stereocenters. The second kappa shape index (κ2) is 11.5. The molecule has 0 spiro atoms. The Bertz CT molecular complexity index is 1870. The number of nitrogens with zero attached hydrogens (tertiary/aromatic N) is 3. The Morgan fingerprint density at radius 2 is 1.67 bits per heavy atom. The number of piperazine rings is 1. The van der Waals surface area contributed by atoms with Crippen molar-refractivity contribution < 1.29 is 40.0 Å². The topological polar surface area (TPSA) is 149 Å². The van der Waals surface area contributed by atoms with Crippen molar-refractivity contribution in [1.29, 1.82) is 0 Å². The van der Waals surface area contributed by atoms with Crippen LogP contribution in [0.3, 0.4) is 0 Å². The highest BCUT2D eigenvalue weighted by Crippen LogP contribution is 2.33. The van der Waals surface area contributed by atoms with Crippen LogP contribution < -0.4 is 10.6 Å². The van der Waals surface area contributed by atoms with Gasteiger partial charge in [-0.1, -0.05) is 23.7 Å². The smallest absolute Gasteiger partial charge is 0.344 e. The van der Waals surface area contributed by atoms with Crippen molar-refractivity contribution in [2.75, 3.05) is 19.6 Å². The van der Waals surface area contributed by atoms with E-state index in [4.69, 9.17) is 22.2 Å². The molecule has 16 heteroatoms. The van der Waals surface area contributed by atoms with Crippen LogP contribution >= 0.6 is 11.6 Å². The van der Waals surface area contributed by atoms with E-state index in [1.54, 1.807) is 6.07 Å². The molecule has 0 amide bonds. The van der Waals surface area contributed by atoms with E-state index < -0.39 is 67.4 Å². The number of sulfonamides is 2. The molecule has 4 aromatic rings. The minimum atomic E-state index is -4.78. The highest BCUT2D eigenvalue weighted by atomic mass is 35.5. The number of hydrogen-bond acceptors (Lipinski definition) is 9. The van der Waals surface area contributed by atoms with Gasteiger partial charge in [0.2, 0.25) is 20.0 Å². The Morgan fingerprint density at radius 1 is 0.976 bits per heavy atom. The molecule has 0 saturated carbocycles. The van der Waals surface area contributed by atoms with E-state index in [1.807, 2.05) is 0 Å². The molecular formula is C26H21ClF2N4O7S2. The highest BCUT2D eigenvalue weighted by Gasteiger charge is 2.45. The van der Waals surface area contributed by atoms with Crippen LogP contribution in [0, 0.1) is 11.6 Å². The first-order valence-corrected chi connectivity index (χ1v) is 15.4. The number of aromatic nitrogens is 1. The maximum atomic E-state index is 15.0. The van der Waals surface area contributed by atoms with Crippen molar-refractivity contribution in [3.8, 4) is 11.5 Å². The SMILES string of the molecule is NOC(=O)[C@H]1CN(S(=O)(=O)c2cccc3cnccc23)CCN1S(=O)(=O)c1cc(F)c(Oc2ccc(Cl)cc2)c(F)c1. The van der Waals surface area contributed by atoms with Gasteiger partial charge in [0.15, 0.2) is 17.4 Å². The van der Waals surface area contributed by atoms with Crippen LogP contribution in [-0.2, 0) is 29.7 Å². The molecule has 1 aliphatic rings. The van der Waals surface area contributed by atoms with Gasteiger partial charge in [-0.15, -0.1) is 0 Å². The zero-order valence-electron chi connectivity index (χ0n) is 21.4. The third kappa shape index (κ3) is 5.54. The summed E-state index contributed by atoms with van der Waals surface area (Å²) < 4.78 is 91.0. The van der Waals surface area contributed by atoms with Crippen molar-refractivity contribution in [3.05, 3.63) is 89.7 Å². The molecule has 5 rings (SSSR count). The maximum Gasteiger partial charge on any atom is 0.344 e. The number of carbonyl (C=O) groups is 1. The second-order valence-corrected chi connectivity index (χ2v) is 13.3. The number of pyridine rings is 1. The summed E-state index contributed by atoms with van der Waals surface area (Å²) in [5.74, 6) is 0.269. The molecule has 42 heavy (non-hydrogen) atoms. The third-order valence-corrected chi connectivity index (χ3v) is 10.6. The summed E-state index contributed by atoms with van der Waals surface area (Å²) in [5.41, 5.74) is 0. The van der Waals surface area contributed by atoms with Gasteiger partial charge < -0.3 is 9.57 Å². The fourth-order valence-electron chi connectivity index (χ4n) is 4.51. The lowest BCUT2D eigenvalue weighted by atomic mass is 10.2. The van der Waals surface area contributed by atoms with E-state index in [0.29, 0.717) is 32.2 Å². The van der Waals surface area contributed by atoms with Gasteiger partial charge in [0.05, 0.1) is 9.79 Å². The van der Waals surface area contributed by atoms with Crippen LogP contribution in [0.15, 0.2) is 82.8 Å². The minimum Gasteiger partial charge on any atom is -0.451 e. The number of nitrogens with two attached hydrogens (primary N) is 1. The Morgan fingerprint density at radius 3 is 2.33 bits per heavy atom. The van der Waals surface area contributed by atoms with Gasteiger partial charge in [-0.05, 0) is 48.5 Å². The molecular weight excluding hydrogens is 618 g/mol. The zero-order valence-corrected chi connectivity index (χ0v) is 23.7. The summed E-state index contributed by atoms with van der Waals surface area (Å²) in [6, 6.07) is 10.9. The first-order chi connectivity index (χ1) is 19.9. The molecule has 2 N–H and O–H groups in total. The molecule has 0 unspecified atom stereocenters. The van der Waals surface area contributed by atoms with E-state index in [9.17, 15) is 30.4 Å². The van der Waals surface area contributed by atoms with Gasteiger partial charge in [0.1, 0.15) is 11.8 Å². The average Bonchev–Trinajstić information content (AvgIpc) is 2.98. The van der Waals surface area contributed by atoms with E-state index in [0.717, 1.165) is 4.31 Å². The first-order valence-electron chi connectivity index (χ1n) is 12.1. The molecule has 0 radical (unpaired) electrons. The van der Waals surface area contributed by atoms with Crippen LogP contribution in [-0.4, -0.2) is 62.1 Å².